The smallest absolute Gasteiger partial charge is 0.252 e. The Kier molecular flexibility index (Phi) is 6.64. The number of piperazine rings is 1. The first kappa shape index (κ1) is 19.3. The molecular weight excluding hydrogens is 401 g/mol. The molecule has 1 saturated heterocycles. The number of carbonyl (C=O) groups excluding carboxylic acids is 2. The van der Waals surface area contributed by atoms with E-state index in [0.717, 1.165) is 26.2 Å². The van der Waals surface area contributed by atoms with Crippen LogP contribution in [0, 0.1) is 5.82 Å². The van der Waals surface area contributed by atoms with E-state index in [1.165, 1.54) is 43.9 Å². The van der Waals surface area contributed by atoms with Crippen LogP contribution in [0.3, 0.4) is 0 Å². The lowest BCUT2D eigenvalue weighted by atomic mass is 10.1. The fourth-order valence-corrected chi connectivity index (χ4v) is 4.24. The van der Waals surface area contributed by atoms with Gasteiger partial charge < -0.3 is 10.2 Å². The zero-order valence-corrected chi connectivity index (χ0v) is 16.4. The van der Waals surface area contributed by atoms with Crippen molar-refractivity contribution in [3.05, 3.63) is 34.1 Å². The number of hydrogen-bond acceptors (Lipinski definition) is 3. The molecule has 7 heteroatoms. The minimum absolute atomic E-state index is 0.0645. The second kappa shape index (κ2) is 8.95. The minimum Gasteiger partial charge on any atom is -0.351 e. The van der Waals surface area contributed by atoms with Crippen LogP contribution in [0.5, 0.6) is 0 Å². The van der Waals surface area contributed by atoms with Crippen LogP contribution in [0.25, 0.3) is 0 Å². The molecule has 142 valence electrons. The Bertz CT molecular complexity index is 656. The summed E-state index contributed by atoms with van der Waals surface area (Å²) in [7, 11) is 0. The molecule has 1 aliphatic carbocycles. The lowest BCUT2D eigenvalue weighted by Crippen LogP contribution is -2.51. The molecule has 2 fully saturated rings. The number of nitrogens with zero attached hydrogens (tertiary/aromatic N) is 2. The lowest BCUT2D eigenvalue weighted by molar-refractivity contribution is -0.133. The summed E-state index contributed by atoms with van der Waals surface area (Å²) < 4.78 is 13.8. The van der Waals surface area contributed by atoms with Crippen molar-refractivity contribution in [1.82, 2.24) is 15.1 Å². The van der Waals surface area contributed by atoms with Crippen molar-refractivity contribution in [2.24, 2.45) is 0 Å². The molecule has 0 unspecified atom stereocenters. The number of halogens is 2. The molecule has 0 bridgehead atoms. The Hall–Kier alpha value is -1.47. The SMILES string of the molecule is O=C(NCCC(=O)N1CCN(C2CCCC2)CC1)c1cc(F)ccc1Br. The summed E-state index contributed by atoms with van der Waals surface area (Å²) in [6.07, 6.45) is 5.49. The molecule has 0 aromatic heterocycles. The van der Waals surface area contributed by atoms with Crippen molar-refractivity contribution < 1.29 is 14.0 Å². The number of nitrogens with one attached hydrogen (secondary N) is 1. The summed E-state index contributed by atoms with van der Waals surface area (Å²) in [5.41, 5.74) is 0.239. The van der Waals surface area contributed by atoms with E-state index in [4.69, 9.17) is 0 Å². The summed E-state index contributed by atoms with van der Waals surface area (Å²) in [6.45, 7) is 3.67. The predicted molar refractivity (Wildman–Crippen MR) is 101 cm³/mol. The van der Waals surface area contributed by atoms with Crippen LogP contribution in [-0.4, -0.2) is 60.4 Å². The first-order valence-corrected chi connectivity index (χ1v) is 10.1. The number of hydrogen-bond donors (Lipinski definition) is 1. The first-order chi connectivity index (χ1) is 12.5. The maximum Gasteiger partial charge on any atom is 0.252 e. The third-order valence-corrected chi connectivity index (χ3v) is 6.00. The molecule has 5 nitrogen and oxygen atoms in total. The molecular formula is C19H25BrFN3O2. The molecule has 0 spiro atoms. The third-order valence-electron chi connectivity index (χ3n) is 5.31. The summed E-state index contributed by atoms with van der Waals surface area (Å²) in [5.74, 6) is -0.778. The molecule has 1 aliphatic heterocycles. The maximum absolute atomic E-state index is 13.3. The van der Waals surface area contributed by atoms with E-state index in [0.29, 0.717) is 10.5 Å². The van der Waals surface area contributed by atoms with E-state index < -0.39 is 5.82 Å². The number of amides is 2. The van der Waals surface area contributed by atoms with Crippen LogP contribution in [0.1, 0.15) is 42.5 Å². The highest BCUT2D eigenvalue weighted by atomic mass is 79.9. The van der Waals surface area contributed by atoms with Gasteiger partial charge in [-0.2, -0.15) is 0 Å². The third kappa shape index (κ3) is 4.82. The van der Waals surface area contributed by atoms with Gasteiger partial charge in [-0.3, -0.25) is 14.5 Å². The minimum atomic E-state index is -0.463. The van der Waals surface area contributed by atoms with Crippen LogP contribution in [0.4, 0.5) is 4.39 Å². The highest BCUT2D eigenvalue weighted by Gasteiger charge is 2.27. The molecule has 2 aliphatic rings. The molecule has 26 heavy (non-hydrogen) atoms. The van der Waals surface area contributed by atoms with Crippen molar-refractivity contribution in [3.8, 4) is 0 Å². The van der Waals surface area contributed by atoms with Gasteiger partial charge in [0.15, 0.2) is 0 Å². The molecule has 1 saturated carbocycles. The number of carbonyl (C=O) groups is 2. The van der Waals surface area contributed by atoms with Crippen molar-refractivity contribution in [2.45, 2.75) is 38.1 Å². The Morgan fingerprint density at radius 3 is 2.54 bits per heavy atom. The van der Waals surface area contributed by atoms with E-state index >= 15 is 0 Å². The van der Waals surface area contributed by atoms with Crippen LogP contribution >= 0.6 is 15.9 Å². The van der Waals surface area contributed by atoms with Crippen LogP contribution < -0.4 is 5.32 Å². The molecule has 0 radical (unpaired) electrons. The van der Waals surface area contributed by atoms with Gasteiger partial charge in [0.1, 0.15) is 5.82 Å². The lowest BCUT2D eigenvalue weighted by Gasteiger charge is -2.38. The highest BCUT2D eigenvalue weighted by molar-refractivity contribution is 9.10. The quantitative estimate of drug-likeness (QED) is 0.788. The van der Waals surface area contributed by atoms with Gasteiger partial charge in [-0.1, -0.05) is 12.8 Å². The largest absolute Gasteiger partial charge is 0.351 e. The average Bonchev–Trinajstić information content (AvgIpc) is 3.18. The van der Waals surface area contributed by atoms with Crippen molar-refractivity contribution >= 4 is 27.7 Å². The van der Waals surface area contributed by atoms with Gasteiger partial charge in [-0.25, -0.2) is 4.39 Å². The Morgan fingerprint density at radius 1 is 1.15 bits per heavy atom. The van der Waals surface area contributed by atoms with Gasteiger partial charge in [-0.15, -0.1) is 0 Å². The van der Waals surface area contributed by atoms with Crippen molar-refractivity contribution in [3.63, 3.8) is 0 Å². The van der Waals surface area contributed by atoms with Gasteiger partial charge in [0, 0.05) is 49.7 Å². The predicted octanol–water partition coefficient (Wildman–Crippen LogP) is 2.79. The van der Waals surface area contributed by atoms with Crippen LogP contribution in [0.15, 0.2) is 22.7 Å². The van der Waals surface area contributed by atoms with Crippen molar-refractivity contribution in [2.75, 3.05) is 32.7 Å². The van der Waals surface area contributed by atoms with Gasteiger partial charge in [0.25, 0.3) is 5.91 Å². The number of rotatable bonds is 5. The van der Waals surface area contributed by atoms with E-state index in [9.17, 15) is 14.0 Å². The Balaban J connectivity index is 1.40. The summed E-state index contributed by atoms with van der Waals surface area (Å²) in [5, 5.41) is 2.70. The summed E-state index contributed by atoms with van der Waals surface area (Å²) in [6, 6.07) is 4.68. The van der Waals surface area contributed by atoms with Gasteiger partial charge in [0.05, 0.1) is 5.56 Å². The summed E-state index contributed by atoms with van der Waals surface area (Å²) in [4.78, 5) is 28.9. The molecule has 1 aromatic rings. The van der Waals surface area contributed by atoms with E-state index in [1.807, 2.05) is 4.90 Å². The normalized spacial score (nSPS) is 18.9. The van der Waals surface area contributed by atoms with E-state index in [1.54, 1.807) is 0 Å². The fraction of sp³-hybridized carbons (Fsp3) is 0.579. The molecule has 3 rings (SSSR count). The zero-order chi connectivity index (χ0) is 18.5. The monoisotopic (exact) mass is 425 g/mol. The highest BCUT2D eigenvalue weighted by Crippen LogP contribution is 2.24. The second-order valence-corrected chi connectivity index (χ2v) is 7.84. The summed E-state index contributed by atoms with van der Waals surface area (Å²) >= 11 is 3.24. The second-order valence-electron chi connectivity index (χ2n) is 6.99. The molecule has 0 atom stereocenters. The van der Waals surface area contributed by atoms with Crippen LogP contribution in [-0.2, 0) is 4.79 Å². The molecule has 1 aromatic carbocycles. The van der Waals surface area contributed by atoms with Crippen molar-refractivity contribution in [1.29, 1.82) is 0 Å². The van der Waals surface area contributed by atoms with E-state index in [2.05, 4.69) is 26.1 Å². The average molecular weight is 426 g/mol. The van der Waals surface area contributed by atoms with Gasteiger partial charge in [0.2, 0.25) is 5.91 Å². The van der Waals surface area contributed by atoms with Gasteiger partial charge >= 0.3 is 0 Å². The topological polar surface area (TPSA) is 52.7 Å². The number of benzene rings is 1. The molecule has 1 N–H and O–H groups in total. The Morgan fingerprint density at radius 2 is 1.85 bits per heavy atom. The van der Waals surface area contributed by atoms with Gasteiger partial charge in [-0.05, 0) is 47.0 Å². The zero-order valence-electron chi connectivity index (χ0n) is 14.8. The van der Waals surface area contributed by atoms with E-state index in [-0.39, 0.29) is 30.3 Å². The molecule has 1 heterocycles. The fourth-order valence-electron chi connectivity index (χ4n) is 3.81. The first-order valence-electron chi connectivity index (χ1n) is 9.29. The Labute approximate surface area is 162 Å². The van der Waals surface area contributed by atoms with Crippen LogP contribution in [0.2, 0.25) is 0 Å². The standard InChI is InChI=1S/C19H25BrFN3O2/c20-17-6-5-14(21)13-16(17)19(26)22-8-7-18(25)24-11-9-23(10-12-24)15-3-1-2-4-15/h5-6,13,15H,1-4,7-12H2,(H,22,26). The maximum atomic E-state index is 13.3. The molecule has 2 amide bonds.